The summed E-state index contributed by atoms with van der Waals surface area (Å²) in [4.78, 5) is 24.7. The smallest absolute Gasteiger partial charge is 0.302 e. The van der Waals surface area contributed by atoms with Gasteiger partial charge in [0.15, 0.2) is 12.3 Å². The monoisotopic (exact) mass is 534 g/mol. The number of likely N-dealkylation sites (N-methyl/N-ethyl adjacent to an activating group) is 1. The Bertz CT molecular complexity index is 259. The summed E-state index contributed by atoms with van der Waals surface area (Å²) >= 11 is 5.82. The van der Waals surface area contributed by atoms with E-state index in [2.05, 4.69) is 0 Å². The van der Waals surface area contributed by atoms with Crippen LogP contribution in [0.4, 0.5) is 9.59 Å². The number of hydrogen-bond donors (Lipinski definition) is 0. The van der Waals surface area contributed by atoms with Crippen LogP contribution in [0, 0.1) is 0 Å². The van der Waals surface area contributed by atoms with E-state index in [0.29, 0.717) is 0 Å². The predicted molar refractivity (Wildman–Crippen MR) is 73.7 cm³/mol. The lowest BCUT2D eigenvalue weighted by atomic mass is 10.4. The first kappa shape index (κ1) is 11.2. The highest BCUT2D eigenvalue weighted by atomic mass is 127. The normalized spacial score (nSPS) is 32.0. The van der Waals surface area contributed by atoms with Crippen LogP contribution in [0.5, 0.6) is 0 Å². The number of amides is 4. The second kappa shape index (κ2) is 3.64. The van der Waals surface area contributed by atoms with E-state index < -0.39 is 0 Å². The van der Waals surface area contributed by atoms with Gasteiger partial charge >= 0.3 is 12.1 Å². The minimum absolute atomic E-state index is 0.0727. The minimum atomic E-state index is -0.196. The van der Waals surface area contributed by atoms with E-state index in [1.165, 1.54) is 0 Å². The topological polar surface area (TPSA) is 47.1 Å². The molecule has 0 aromatic heterocycles. The maximum atomic E-state index is 11.6. The molecule has 0 aromatic rings. The van der Waals surface area contributed by atoms with Gasteiger partial charge in [-0.2, -0.15) is 0 Å². The fraction of sp³-hybridized carbons (Fsp3) is 0.600. The summed E-state index contributed by atoms with van der Waals surface area (Å²) in [6.07, 6.45) is -0.387. The van der Waals surface area contributed by atoms with Crippen molar-refractivity contribution in [2.75, 3.05) is 7.05 Å². The van der Waals surface area contributed by atoms with Gasteiger partial charge in [-0.3, -0.25) is 0 Å². The molecule has 2 atom stereocenters. The van der Waals surface area contributed by atoms with Gasteiger partial charge in [0.2, 0.25) is 0 Å². The summed E-state index contributed by atoms with van der Waals surface area (Å²) < 4.78 is 4.64. The number of carbonyl (C=O) groups excluding carboxylic acids is 2. The first-order valence-corrected chi connectivity index (χ1v) is 6.52. The average Bonchev–Trinajstić information content (AvgIpc) is 2.51. The SMILES string of the molecule is CN1C(=O)N(I)C2C1N(I)C(=O)N2I. The molecule has 2 unspecified atom stereocenters. The second-order valence-electron chi connectivity index (χ2n) is 2.94. The molecule has 2 aliphatic rings. The Labute approximate surface area is 122 Å². The minimum Gasteiger partial charge on any atom is -0.302 e. The van der Waals surface area contributed by atoms with Crippen molar-refractivity contribution in [1.82, 2.24) is 14.2 Å². The standard InChI is InChI=1S/C5H5I3N4O2/c1-9-2-3(11(7)4(9)13)12(8)5(14)10(2)6/h2-3H,1H3. The van der Waals surface area contributed by atoms with Crippen molar-refractivity contribution >= 4 is 80.7 Å². The molecule has 2 fully saturated rings. The van der Waals surface area contributed by atoms with E-state index in [0.717, 1.165) is 0 Å². The number of urea groups is 2. The molecule has 2 rings (SSSR count). The van der Waals surface area contributed by atoms with Crippen molar-refractivity contribution in [3.8, 4) is 0 Å². The Kier molecular flexibility index (Phi) is 2.92. The molecule has 9 heteroatoms. The maximum Gasteiger partial charge on any atom is 0.341 e. The molecule has 0 aromatic carbocycles. The third-order valence-electron chi connectivity index (χ3n) is 2.21. The quantitative estimate of drug-likeness (QED) is 0.352. The summed E-state index contributed by atoms with van der Waals surface area (Å²) in [6.45, 7) is 0. The van der Waals surface area contributed by atoms with E-state index in [9.17, 15) is 9.59 Å². The molecular formula is C5H5I3N4O2. The Balaban J connectivity index is 2.39. The fourth-order valence-corrected chi connectivity index (χ4v) is 4.92. The molecule has 4 amide bonds. The summed E-state index contributed by atoms with van der Waals surface area (Å²) in [5, 5.41) is 0. The zero-order chi connectivity index (χ0) is 10.6. The van der Waals surface area contributed by atoms with Crippen molar-refractivity contribution in [2.24, 2.45) is 0 Å². The predicted octanol–water partition coefficient (Wildman–Crippen LogP) is 1.79. The molecule has 0 spiro atoms. The fourth-order valence-electron chi connectivity index (χ4n) is 1.49. The molecule has 2 heterocycles. The Morgan fingerprint density at radius 3 is 1.86 bits per heavy atom. The van der Waals surface area contributed by atoms with Crippen LogP contribution in [0.2, 0.25) is 0 Å². The van der Waals surface area contributed by atoms with Crippen molar-refractivity contribution in [2.45, 2.75) is 12.3 Å². The second-order valence-corrected chi connectivity index (χ2v) is 6.06. The first-order chi connectivity index (χ1) is 6.46. The molecular weight excluding hydrogens is 529 g/mol. The Hall–Kier alpha value is 0.730. The van der Waals surface area contributed by atoms with Gasteiger partial charge in [0.05, 0.1) is 68.6 Å². The molecule has 0 radical (unpaired) electrons. The van der Waals surface area contributed by atoms with E-state index in [1.54, 1.807) is 21.3 Å². The largest absolute Gasteiger partial charge is 0.341 e. The van der Waals surface area contributed by atoms with Gasteiger partial charge in [-0.15, -0.1) is 0 Å². The first-order valence-electron chi connectivity index (χ1n) is 3.62. The Morgan fingerprint density at radius 1 is 0.929 bits per heavy atom. The van der Waals surface area contributed by atoms with Gasteiger partial charge in [-0.25, -0.2) is 18.9 Å². The lowest BCUT2D eigenvalue weighted by Crippen LogP contribution is -2.39. The van der Waals surface area contributed by atoms with Crippen molar-refractivity contribution in [3.63, 3.8) is 0 Å². The van der Waals surface area contributed by atoms with Crippen LogP contribution in [-0.2, 0) is 0 Å². The number of hydrogen-bond acceptors (Lipinski definition) is 2. The summed E-state index contributed by atoms with van der Waals surface area (Å²) in [5.41, 5.74) is 0. The summed E-state index contributed by atoms with van der Waals surface area (Å²) in [7, 11) is 1.70. The highest BCUT2D eigenvalue weighted by Crippen LogP contribution is 2.39. The lowest BCUT2D eigenvalue weighted by Gasteiger charge is -2.19. The number of fused-ring (bicyclic) bond motifs is 1. The van der Waals surface area contributed by atoms with Crippen LogP contribution in [0.25, 0.3) is 0 Å². The van der Waals surface area contributed by atoms with E-state index in [1.807, 2.05) is 68.6 Å². The van der Waals surface area contributed by atoms with Gasteiger partial charge in [-0.05, 0) is 0 Å². The molecule has 2 aliphatic heterocycles. The highest BCUT2D eigenvalue weighted by molar-refractivity contribution is 14.1. The zero-order valence-electron chi connectivity index (χ0n) is 6.89. The molecule has 0 N–H and O–H groups in total. The van der Waals surface area contributed by atoms with E-state index >= 15 is 0 Å². The van der Waals surface area contributed by atoms with Gasteiger partial charge in [-0.1, -0.05) is 0 Å². The number of halogens is 3. The molecule has 2 saturated heterocycles. The van der Waals surface area contributed by atoms with Gasteiger partial charge in [0.1, 0.15) is 0 Å². The van der Waals surface area contributed by atoms with Gasteiger partial charge < -0.3 is 4.90 Å². The third kappa shape index (κ3) is 1.30. The van der Waals surface area contributed by atoms with Crippen LogP contribution in [0.15, 0.2) is 0 Å². The van der Waals surface area contributed by atoms with Gasteiger partial charge in [0.25, 0.3) is 0 Å². The molecule has 0 saturated carbocycles. The van der Waals surface area contributed by atoms with Crippen LogP contribution >= 0.6 is 68.6 Å². The Morgan fingerprint density at radius 2 is 1.36 bits per heavy atom. The molecule has 6 nitrogen and oxygen atoms in total. The van der Waals surface area contributed by atoms with Crippen LogP contribution in [0.3, 0.4) is 0 Å². The molecule has 0 bridgehead atoms. The summed E-state index contributed by atoms with van der Waals surface area (Å²) in [6, 6.07) is -0.154. The zero-order valence-corrected chi connectivity index (χ0v) is 13.4. The van der Waals surface area contributed by atoms with Crippen molar-refractivity contribution in [1.29, 1.82) is 0 Å². The molecule has 14 heavy (non-hydrogen) atoms. The number of carbonyl (C=O) groups is 2. The maximum absolute atomic E-state index is 11.6. The van der Waals surface area contributed by atoms with Crippen LogP contribution in [0.1, 0.15) is 0 Å². The third-order valence-corrected chi connectivity index (χ3v) is 5.16. The summed E-state index contributed by atoms with van der Waals surface area (Å²) in [5.74, 6) is 0. The molecule has 78 valence electrons. The van der Waals surface area contributed by atoms with Crippen LogP contribution < -0.4 is 0 Å². The highest BCUT2D eigenvalue weighted by Gasteiger charge is 2.57. The van der Waals surface area contributed by atoms with Crippen molar-refractivity contribution in [3.05, 3.63) is 0 Å². The van der Waals surface area contributed by atoms with Crippen LogP contribution in [-0.4, -0.2) is 45.7 Å². The van der Waals surface area contributed by atoms with Crippen molar-refractivity contribution < 1.29 is 9.59 Å². The lowest BCUT2D eigenvalue weighted by molar-refractivity contribution is 0.191. The van der Waals surface area contributed by atoms with E-state index in [-0.39, 0.29) is 24.4 Å². The van der Waals surface area contributed by atoms with E-state index in [4.69, 9.17) is 0 Å². The number of rotatable bonds is 0. The van der Waals surface area contributed by atoms with Gasteiger partial charge in [0, 0.05) is 7.05 Å². The number of nitrogens with zero attached hydrogens (tertiary/aromatic N) is 4. The average molecular weight is 534 g/mol. The molecule has 0 aliphatic carbocycles.